The van der Waals surface area contributed by atoms with Crippen LogP contribution in [0.15, 0.2) is 121 Å². The van der Waals surface area contributed by atoms with Crippen molar-refractivity contribution in [2.24, 2.45) is 0 Å². The Morgan fingerprint density at radius 1 is 0.718 bits per heavy atom. The molecule has 39 heavy (non-hydrogen) atoms. The fourth-order valence-corrected chi connectivity index (χ4v) is 5.40. The second-order valence-corrected chi connectivity index (χ2v) is 10.4. The van der Waals surface area contributed by atoms with E-state index in [1.165, 1.54) is 16.0 Å². The molecule has 0 saturated heterocycles. The van der Waals surface area contributed by atoms with Crippen molar-refractivity contribution in [1.29, 1.82) is 0 Å². The molecule has 0 saturated carbocycles. The van der Waals surface area contributed by atoms with Gasteiger partial charge in [-0.1, -0.05) is 91.0 Å². The first-order chi connectivity index (χ1) is 19.2. The van der Waals surface area contributed by atoms with Crippen molar-refractivity contribution in [1.82, 2.24) is 0 Å². The quantitative estimate of drug-likeness (QED) is 0.127. The Hall–Kier alpha value is -4.41. The topological polar surface area (TPSA) is 35.5 Å². The number of benzene rings is 4. The Morgan fingerprint density at radius 3 is 2.15 bits per heavy atom. The maximum absolute atomic E-state index is 12.9. The van der Waals surface area contributed by atoms with E-state index in [0.717, 1.165) is 45.9 Å². The Kier molecular flexibility index (Phi) is 8.67. The van der Waals surface area contributed by atoms with Crippen LogP contribution in [-0.4, -0.2) is 12.9 Å². The molecule has 0 N–H and O–H groups in total. The summed E-state index contributed by atoms with van der Waals surface area (Å²) in [5.74, 6) is 1.61. The van der Waals surface area contributed by atoms with E-state index in [1.54, 1.807) is 24.5 Å². The molecule has 0 amide bonds. The molecular weight excluding hydrogens is 500 g/mol. The van der Waals surface area contributed by atoms with Gasteiger partial charge in [-0.25, -0.2) is 0 Å². The van der Waals surface area contributed by atoms with E-state index in [4.69, 9.17) is 9.47 Å². The molecule has 1 heterocycles. The summed E-state index contributed by atoms with van der Waals surface area (Å²) in [6, 6.07) is 38.6. The third-order valence-corrected chi connectivity index (χ3v) is 7.55. The molecule has 0 fully saturated rings. The molecule has 194 valence electrons. The monoisotopic (exact) mass is 530 g/mol. The van der Waals surface area contributed by atoms with Crippen LogP contribution in [0.25, 0.3) is 6.08 Å². The first kappa shape index (κ1) is 26.2. The molecule has 0 aliphatic carbocycles. The first-order valence-electron chi connectivity index (χ1n) is 12.9. The van der Waals surface area contributed by atoms with Crippen LogP contribution >= 0.6 is 11.3 Å². The van der Waals surface area contributed by atoms with Crippen LogP contribution < -0.4 is 9.47 Å². The van der Waals surface area contributed by atoms with Gasteiger partial charge in [-0.2, -0.15) is 0 Å². The lowest BCUT2D eigenvalue weighted by molar-refractivity contribution is 0.105. The smallest absolute Gasteiger partial charge is 0.195 e. The number of thiophene rings is 1. The van der Waals surface area contributed by atoms with Crippen LogP contribution in [0.5, 0.6) is 11.5 Å². The van der Waals surface area contributed by atoms with E-state index in [1.807, 2.05) is 78.9 Å². The van der Waals surface area contributed by atoms with Crippen LogP contribution in [0.4, 0.5) is 0 Å². The van der Waals surface area contributed by atoms with Crippen LogP contribution in [0.1, 0.15) is 42.4 Å². The van der Waals surface area contributed by atoms with Gasteiger partial charge < -0.3 is 9.47 Å². The van der Waals surface area contributed by atoms with E-state index >= 15 is 0 Å². The van der Waals surface area contributed by atoms with Crippen LogP contribution in [0.3, 0.4) is 0 Å². The summed E-state index contributed by atoms with van der Waals surface area (Å²) in [5, 5.41) is 0. The van der Waals surface area contributed by atoms with Gasteiger partial charge in [0, 0.05) is 23.3 Å². The number of carbonyl (C=O) groups excluding carboxylic acids is 1. The number of rotatable bonds is 11. The SMILES string of the molecule is COc1ccc(/C=C/C(=O)c2ccc(Cc3ccccc3)s2)cc1COc1ccccc1Cc1ccccc1. The molecule has 0 radical (unpaired) electrons. The molecule has 0 aliphatic rings. The summed E-state index contributed by atoms with van der Waals surface area (Å²) in [7, 11) is 1.66. The number of methoxy groups -OCH3 is 1. The van der Waals surface area contributed by atoms with Gasteiger partial charge in [-0.15, -0.1) is 11.3 Å². The first-order valence-corrected chi connectivity index (χ1v) is 13.8. The van der Waals surface area contributed by atoms with Crippen LogP contribution in [-0.2, 0) is 19.4 Å². The van der Waals surface area contributed by atoms with E-state index in [0.29, 0.717) is 6.61 Å². The van der Waals surface area contributed by atoms with Gasteiger partial charge >= 0.3 is 0 Å². The van der Waals surface area contributed by atoms with Gasteiger partial charge in [0.25, 0.3) is 0 Å². The predicted octanol–water partition coefficient (Wildman–Crippen LogP) is 8.41. The van der Waals surface area contributed by atoms with E-state index in [-0.39, 0.29) is 5.78 Å². The largest absolute Gasteiger partial charge is 0.496 e. The molecule has 0 spiro atoms. The molecule has 3 nitrogen and oxygen atoms in total. The summed E-state index contributed by atoms with van der Waals surface area (Å²) < 4.78 is 11.9. The van der Waals surface area contributed by atoms with Gasteiger partial charge in [0.05, 0.1) is 12.0 Å². The van der Waals surface area contributed by atoms with E-state index in [2.05, 4.69) is 42.5 Å². The number of ketones is 1. The lowest BCUT2D eigenvalue weighted by atomic mass is 10.0. The Morgan fingerprint density at radius 2 is 1.41 bits per heavy atom. The fourth-order valence-electron chi connectivity index (χ4n) is 4.43. The Bertz CT molecular complexity index is 1550. The van der Waals surface area contributed by atoms with Gasteiger partial charge in [0.2, 0.25) is 0 Å². The number of allylic oxidation sites excluding steroid dienone is 1. The molecule has 0 atom stereocenters. The van der Waals surface area contributed by atoms with Gasteiger partial charge in [0.15, 0.2) is 5.78 Å². The average molecular weight is 531 g/mol. The van der Waals surface area contributed by atoms with Crippen molar-refractivity contribution < 1.29 is 14.3 Å². The fraction of sp³-hybridized carbons (Fsp3) is 0.114. The van der Waals surface area contributed by atoms with Gasteiger partial charge in [-0.05, 0) is 58.7 Å². The summed E-state index contributed by atoms with van der Waals surface area (Å²) in [6.45, 7) is 0.359. The molecule has 0 bridgehead atoms. The highest BCUT2D eigenvalue weighted by Gasteiger charge is 2.10. The molecule has 0 unspecified atom stereocenters. The minimum absolute atomic E-state index is 0.00256. The number of carbonyl (C=O) groups is 1. The van der Waals surface area contributed by atoms with E-state index < -0.39 is 0 Å². The molecule has 5 rings (SSSR count). The molecule has 5 aromatic rings. The minimum atomic E-state index is 0.00256. The third kappa shape index (κ3) is 7.13. The Balaban J connectivity index is 1.26. The molecule has 0 aliphatic heterocycles. The van der Waals surface area contributed by atoms with Crippen LogP contribution in [0, 0.1) is 0 Å². The standard InChI is InChI=1S/C35H30O3S/c1-37-33-20-17-28(16-19-32(36)35-21-18-31(39-35)24-27-12-6-3-7-13-27)23-30(33)25-38-34-15-9-8-14-29(34)22-26-10-4-2-5-11-26/h2-21,23H,22,24-25H2,1H3/b19-16+. The zero-order valence-corrected chi connectivity index (χ0v) is 22.7. The zero-order chi connectivity index (χ0) is 26.9. The summed E-state index contributed by atoms with van der Waals surface area (Å²) in [6.07, 6.45) is 5.12. The normalized spacial score (nSPS) is 11.0. The highest BCUT2D eigenvalue weighted by molar-refractivity contribution is 7.14. The molecule has 4 heteroatoms. The second-order valence-electron chi connectivity index (χ2n) is 9.26. The molecular formula is C35H30O3S. The van der Waals surface area contributed by atoms with Crippen molar-refractivity contribution in [3.05, 3.63) is 159 Å². The number of hydrogen-bond acceptors (Lipinski definition) is 4. The lowest BCUT2D eigenvalue weighted by Gasteiger charge is -2.14. The number of para-hydroxylation sites is 1. The van der Waals surface area contributed by atoms with Gasteiger partial charge in [0.1, 0.15) is 18.1 Å². The average Bonchev–Trinajstić information content (AvgIpc) is 3.45. The highest BCUT2D eigenvalue weighted by atomic mass is 32.1. The Labute approximate surface area is 234 Å². The zero-order valence-electron chi connectivity index (χ0n) is 21.9. The number of hydrogen-bond donors (Lipinski definition) is 0. The minimum Gasteiger partial charge on any atom is -0.496 e. The lowest BCUT2D eigenvalue weighted by Crippen LogP contribution is -2.02. The van der Waals surface area contributed by atoms with Crippen molar-refractivity contribution in [2.75, 3.05) is 7.11 Å². The summed E-state index contributed by atoms with van der Waals surface area (Å²) in [4.78, 5) is 14.8. The summed E-state index contributed by atoms with van der Waals surface area (Å²) >= 11 is 1.55. The second kappa shape index (κ2) is 12.9. The van der Waals surface area contributed by atoms with Gasteiger partial charge in [-0.3, -0.25) is 4.79 Å². The highest BCUT2D eigenvalue weighted by Crippen LogP contribution is 2.27. The predicted molar refractivity (Wildman–Crippen MR) is 160 cm³/mol. The van der Waals surface area contributed by atoms with Crippen molar-refractivity contribution in [3.8, 4) is 11.5 Å². The number of ether oxygens (including phenoxy) is 2. The summed E-state index contributed by atoms with van der Waals surface area (Å²) in [5.41, 5.74) is 5.45. The van der Waals surface area contributed by atoms with Crippen molar-refractivity contribution >= 4 is 23.2 Å². The van der Waals surface area contributed by atoms with E-state index in [9.17, 15) is 4.79 Å². The third-order valence-electron chi connectivity index (χ3n) is 6.45. The van der Waals surface area contributed by atoms with Crippen molar-refractivity contribution in [3.63, 3.8) is 0 Å². The molecule has 4 aromatic carbocycles. The van der Waals surface area contributed by atoms with Crippen LogP contribution in [0.2, 0.25) is 0 Å². The maximum atomic E-state index is 12.9. The maximum Gasteiger partial charge on any atom is 0.195 e. The van der Waals surface area contributed by atoms with Crippen molar-refractivity contribution in [2.45, 2.75) is 19.4 Å². The molecule has 1 aromatic heterocycles.